The molecule has 0 amide bonds. The summed E-state index contributed by atoms with van der Waals surface area (Å²) in [4.78, 5) is 23.2. The Hall–Kier alpha value is -3.31. The van der Waals surface area contributed by atoms with Gasteiger partial charge in [0, 0.05) is 22.8 Å². The second-order valence-electron chi connectivity index (χ2n) is 6.34. The predicted molar refractivity (Wildman–Crippen MR) is 109 cm³/mol. The molecule has 28 heavy (non-hydrogen) atoms. The van der Waals surface area contributed by atoms with E-state index in [1.807, 2.05) is 42.5 Å². The smallest absolute Gasteiger partial charge is 0.335 e. The molecular weight excluding hydrogens is 378 g/mol. The Bertz CT molecular complexity index is 1030. The average Bonchev–Trinajstić information content (AvgIpc) is 2.66. The molecule has 3 aromatic rings. The third-order valence-electron chi connectivity index (χ3n) is 4.48. The monoisotopic (exact) mass is 395 g/mol. The van der Waals surface area contributed by atoms with Crippen molar-refractivity contribution in [3.05, 3.63) is 87.9 Å². The van der Waals surface area contributed by atoms with Crippen LogP contribution in [0.2, 0.25) is 5.02 Å². The molecule has 5 nitrogen and oxygen atoms in total. The largest absolute Gasteiger partial charge is 0.478 e. The lowest BCUT2D eigenvalue weighted by molar-refractivity contribution is 0.0696. The number of benzene rings is 3. The molecule has 0 aliphatic carbocycles. The first-order valence-electron chi connectivity index (χ1n) is 8.55. The fraction of sp³-hybridized carbons (Fsp3) is 0.0909. The summed E-state index contributed by atoms with van der Waals surface area (Å²) in [5.74, 6) is -2.32. The van der Waals surface area contributed by atoms with Crippen LogP contribution in [-0.4, -0.2) is 22.2 Å². The number of aromatic carboxylic acids is 2. The van der Waals surface area contributed by atoms with Gasteiger partial charge >= 0.3 is 11.9 Å². The van der Waals surface area contributed by atoms with Crippen molar-refractivity contribution >= 4 is 29.2 Å². The van der Waals surface area contributed by atoms with Crippen molar-refractivity contribution < 1.29 is 19.8 Å². The summed E-state index contributed by atoms with van der Waals surface area (Å²) < 4.78 is 0. The van der Waals surface area contributed by atoms with Crippen molar-refractivity contribution in [1.82, 2.24) is 0 Å². The van der Waals surface area contributed by atoms with E-state index in [-0.39, 0.29) is 16.7 Å². The van der Waals surface area contributed by atoms with Gasteiger partial charge in [-0.05, 0) is 53.9 Å². The Morgan fingerprint density at radius 3 is 2.18 bits per heavy atom. The zero-order valence-corrected chi connectivity index (χ0v) is 15.8. The van der Waals surface area contributed by atoms with Crippen molar-refractivity contribution in [2.75, 3.05) is 5.32 Å². The highest BCUT2D eigenvalue weighted by Gasteiger charge is 2.18. The third kappa shape index (κ3) is 4.15. The molecule has 3 N–H and O–H groups in total. The Morgan fingerprint density at radius 2 is 1.57 bits per heavy atom. The highest BCUT2D eigenvalue weighted by Crippen LogP contribution is 2.31. The maximum atomic E-state index is 11.6. The van der Waals surface area contributed by atoms with Gasteiger partial charge in [0.1, 0.15) is 0 Å². The van der Waals surface area contributed by atoms with Crippen molar-refractivity contribution in [2.24, 2.45) is 0 Å². The van der Waals surface area contributed by atoms with E-state index >= 15 is 0 Å². The second kappa shape index (κ2) is 8.15. The quantitative estimate of drug-likeness (QED) is 0.525. The van der Waals surface area contributed by atoms with Crippen LogP contribution in [0.3, 0.4) is 0 Å². The van der Waals surface area contributed by atoms with Gasteiger partial charge in [-0.25, -0.2) is 9.59 Å². The Morgan fingerprint density at radius 1 is 0.929 bits per heavy atom. The summed E-state index contributed by atoms with van der Waals surface area (Å²) >= 11 is 6.02. The minimum Gasteiger partial charge on any atom is -0.478 e. The predicted octanol–water partition coefficient (Wildman–Crippen LogP) is 5.32. The average molecular weight is 396 g/mol. The van der Waals surface area contributed by atoms with Crippen LogP contribution in [0.4, 0.5) is 5.69 Å². The number of nitrogens with one attached hydrogen (secondary N) is 1. The summed E-state index contributed by atoms with van der Waals surface area (Å²) in [6, 6.07) is 17.8. The lowest BCUT2D eigenvalue weighted by atomic mass is 9.94. The fourth-order valence-corrected chi connectivity index (χ4v) is 3.26. The molecule has 3 aromatic carbocycles. The maximum Gasteiger partial charge on any atom is 0.335 e. The van der Waals surface area contributed by atoms with Crippen molar-refractivity contribution in [1.29, 1.82) is 0 Å². The van der Waals surface area contributed by atoms with E-state index in [0.717, 1.165) is 16.8 Å². The van der Waals surface area contributed by atoms with Crippen LogP contribution in [0.5, 0.6) is 0 Å². The summed E-state index contributed by atoms with van der Waals surface area (Å²) in [5, 5.41) is 22.9. The summed E-state index contributed by atoms with van der Waals surface area (Å²) in [6.45, 7) is 2.01. The van der Waals surface area contributed by atoms with Gasteiger partial charge in [0.25, 0.3) is 0 Å². The SMILES string of the molecule is Cc1c(C(=O)O)cc(-c2ccccc2NCc2cccc(Cl)c2)cc1C(=O)O. The molecule has 0 aromatic heterocycles. The Balaban J connectivity index is 2.02. The number of carboxylic acid groups (broad SMARTS) is 2. The lowest BCUT2D eigenvalue weighted by Crippen LogP contribution is -2.08. The Labute approximate surface area is 167 Å². The van der Waals surface area contributed by atoms with Crippen LogP contribution in [0.25, 0.3) is 11.1 Å². The summed E-state index contributed by atoms with van der Waals surface area (Å²) in [5.41, 5.74) is 3.17. The molecule has 6 heteroatoms. The van der Waals surface area contributed by atoms with E-state index in [4.69, 9.17) is 11.6 Å². The van der Waals surface area contributed by atoms with E-state index in [1.165, 1.54) is 19.1 Å². The summed E-state index contributed by atoms with van der Waals surface area (Å²) in [7, 11) is 0. The molecule has 0 saturated heterocycles. The summed E-state index contributed by atoms with van der Waals surface area (Å²) in [6.07, 6.45) is 0. The highest BCUT2D eigenvalue weighted by molar-refractivity contribution is 6.30. The molecule has 0 spiro atoms. The molecule has 3 rings (SSSR count). The number of hydrogen-bond acceptors (Lipinski definition) is 3. The lowest BCUT2D eigenvalue weighted by Gasteiger charge is -2.15. The molecule has 0 heterocycles. The van der Waals surface area contributed by atoms with Gasteiger partial charge in [-0.15, -0.1) is 0 Å². The minimum atomic E-state index is -1.16. The van der Waals surface area contributed by atoms with E-state index in [1.54, 1.807) is 6.07 Å². The van der Waals surface area contributed by atoms with Crippen molar-refractivity contribution in [3.63, 3.8) is 0 Å². The first-order valence-corrected chi connectivity index (χ1v) is 8.93. The van der Waals surface area contributed by atoms with E-state index in [2.05, 4.69) is 5.32 Å². The van der Waals surface area contributed by atoms with Crippen molar-refractivity contribution in [2.45, 2.75) is 13.5 Å². The number of carbonyl (C=O) groups is 2. The van der Waals surface area contributed by atoms with E-state index in [0.29, 0.717) is 17.1 Å². The molecule has 0 fully saturated rings. The van der Waals surface area contributed by atoms with Crippen LogP contribution < -0.4 is 5.32 Å². The van der Waals surface area contributed by atoms with Gasteiger partial charge in [-0.2, -0.15) is 0 Å². The van der Waals surface area contributed by atoms with E-state index < -0.39 is 11.9 Å². The molecule has 142 valence electrons. The number of para-hydroxylation sites is 1. The molecule has 0 radical (unpaired) electrons. The Kier molecular flexibility index (Phi) is 5.66. The number of anilines is 1. The number of carboxylic acids is 2. The fourth-order valence-electron chi connectivity index (χ4n) is 3.05. The first kappa shape index (κ1) is 19.5. The van der Waals surface area contributed by atoms with Crippen LogP contribution in [0, 0.1) is 6.92 Å². The van der Waals surface area contributed by atoms with Gasteiger partial charge < -0.3 is 15.5 Å². The number of rotatable bonds is 6. The second-order valence-corrected chi connectivity index (χ2v) is 6.77. The molecular formula is C22H18ClNO4. The van der Waals surface area contributed by atoms with Crippen LogP contribution in [0.1, 0.15) is 31.8 Å². The number of halogens is 1. The van der Waals surface area contributed by atoms with Gasteiger partial charge in [0.2, 0.25) is 0 Å². The molecule has 0 aliphatic heterocycles. The third-order valence-corrected chi connectivity index (χ3v) is 4.71. The van der Waals surface area contributed by atoms with Crippen molar-refractivity contribution in [3.8, 4) is 11.1 Å². The zero-order valence-electron chi connectivity index (χ0n) is 15.1. The topological polar surface area (TPSA) is 86.6 Å². The van der Waals surface area contributed by atoms with Crippen LogP contribution in [-0.2, 0) is 6.54 Å². The number of hydrogen-bond donors (Lipinski definition) is 3. The standard InChI is InChI=1S/C22H18ClNO4/c1-13-18(21(25)26)10-15(11-19(13)22(27)28)17-7-2-3-8-20(17)24-12-14-5-4-6-16(23)9-14/h2-11,24H,12H2,1H3,(H,25,26)(H,27,28). The molecule has 0 atom stereocenters. The van der Waals surface area contributed by atoms with Gasteiger partial charge in [-0.1, -0.05) is 41.9 Å². The van der Waals surface area contributed by atoms with Gasteiger partial charge in [0.05, 0.1) is 11.1 Å². The molecule has 0 unspecified atom stereocenters. The van der Waals surface area contributed by atoms with E-state index in [9.17, 15) is 19.8 Å². The normalized spacial score (nSPS) is 10.5. The van der Waals surface area contributed by atoms with Crippen LogP contribution >= 0.6 is 11.6 Å². The van der Waals surface area contributed by atoms with Crippen LogP contribution in [0.15, 0.2) is 60.7 Å². The maximum absolute atomic E-state index is 11.6. The zero-order chi connectivity index (χ0) is 20.3. The highest BCUT2D eigenvalue weighted by atomic mass is 35.5. The van der Waals surface area contributed by atoms with Gasteiger partial charge in [0.15, 0.2) is 0 Å². The minimum absolute atomic E-state index is 0.0282. The van der Waals surface area contributed by atoms with Gasteiger partial charge in [-0.3, -0.25) is 0 Å². The first-order chi connectivity index (χ1) is 13.4. The molecule has 0 bridgehead atoms. The molecule has 0 aliphatic rings. The molecule has 0 saturated carbocycles.